The number of carbonyl (C=O) groups is 3. The van der Waals surface area contributed by atoms with Crippen molar-refractivity contribution in [2.45, 2.75) is 69.6 Å². The molecule has 1 aromatic carbocycles. The maximum absolute atomic E-state index is 13.9. The van der Waals surface area contributed by atoms with Crippen molar-refractivity contribution in [3.8, 4) is 22.4 Å². The van der Waals surface area contributed by atoms with Crippen LogP contribution in [0.3, 0.4) is 0 Å². The summed E-state index contributed by atoms with van der Waals surface area (Å²) in [6.45, 7) is 1.25. The highest BCUT2D eigenvalue weighted by atomic mass is 32.1. The zero-order chi connectivity index (χ0) is 28.4. The number of pyridine rings is 1. The summed E-state index contributed by atoms with van der Waals surface area (Å²) in [4.78, 5) is 49.9. The Balaban J connectivity index is 1.39. The van der Waals surface area contributed by atoms with Crippen LogP contribution in [0.4, 0.5) is 5.82 Å². The summed E-state index contributed by atoms with van der Waals surface area (Å²) >= 11 is 1.40. The zero-order valence-corrected chi connectivity index (χ0v) is 24.0. The van der Waals surface area contributed by atoms with Crippen LogP contribution in [-0.4, -0.2) is 45.9 Å². The third-order valence-corrected chi connectivity index (χ3v) is 10.2. The van der Waals surface area contributed by atoms with Gasteiger partial charge in [0.2, 0.25) is 11.8 Å². The predicted octanol–water partition coefficient (Wildman–Crippen LogP) is 5.82. The summed E-state index contributed by atoms with van der Waals surface area (Å²) in [6, 6.07) is 11.8. The van der Waals surface area contributed by atoms with E-state index in [-0.39, 0.29) is 24.2 Å². The van der Waals surface area contributed by atoms with Gasteiger partial charge in [0, 0.05) is 42.2 Å². The lowest BCUT2D eigenvalue weighted by atomic mass is 9.64. The fraction of sp³-hybridized carbons (Fsp3) is 0.469. The molecule has 2 atom stereocenters. The Hall–Kier alpha value is -3.59. The van der Waals surface area contributed by atoms with E-state index >= 15 is 0 Å². The van der Waals surface area contributed by atoms with Gasteiger partial charge in [-0.1, -0.05) is 56.4 Å². The molecule has 3 aliphatic rings. The molecule has 1 saturated carbocycles. The Morgan fingerprint density at radius 2 is 1.80 bits per heavy atom. The van der Waals surface area contributed by atoms with Gasteiger partial charge < -0.3 is 10.4 Å². The van der Waals surface area contributed by atoms with Crippen LogP contribution < -0.4 is 10.2 Å². The number of hydrogen-bond acceptors (Lipinski definition) is 6. The number of nitrogens with zero attached hydrogens (tertiary/aromatic N) is 3. The summed E-state index contributed by atoms with van der Waals surface area (Å²) in [6.07, 6.45) is 9.98. The molecule has 8 nitrogen and oxygen atoms in total. The Labute approximate surface area is 244 Å². The monoisotopic (exact) mass is 572 g/mol. The molecular weight excluding hydrogens is 536 g/mol. The van der Waals surface area contributed by atoms with E-state index in [4.69, 9.17) is 4.98 Å². The molecule has 9 heteroatoms. The highest BCUT2D eigenvalue weighted by Gasteiger charge is 2.53. The van der Waals surface area contributed by atoms with E-state index in [0.29, 0.717) is 36.3 Å². The summed E-state index contributed by atoms with van der Waals surface area (Å²) in [5.74, 6) is -0.130. The number of amides is 2. The molecule has 214 valence electrons. The van der Waals surface area contributed by atoms with Gasteiger partial charge in [-0.15, -0.1) is 11.3 Å². The summed E-state index contributed by atoms with van der Waals surface area (Å²) in [7, 11) is 0. The number of rotatable bonds is 7. The van der Waals surface area contributed by atoms with Gasteiger partial charge in [-0.2, -0.15) is 0 Å². The molecule has 2 amide bonds. The molecule has 0 spiro atoms. The van der Waals surface area contributed by atoms with Crippen molar-refractivity contribution in [1.82, 2.24) is 15.3 Å². The van der Waals surface area contributed by atoms with Crippen LogP contribution in [0.2, 0.25) is 0 Å². The molecule has 2 aliphatic heterocycles. The van der Waals surface area contributed by atoms with Crippen molar-refractivity contribution < 1.29 is 19.5 Å². The maximum Gasteiger partial charge on any atom is 0.304 e. The van der Waals surface area contributed by atoms with Gasteiger partial charge in [-0.3, -0.25) is 19.3 Å². The number of hydrogen-bond donors (Lipinski definition) is 2. The smallest absolute Gasteiger partial charge is 0.304 e. The SMILES string of the molecule is O=C(O)C[C@@]1(c2nc(-c3ccccc3-c3ccc(N4CCCC4=O)nc3)cs2)C(=O)NCCCC[C@@H]1C1CCCC1. The third kappa shape index (κ3) is 5.27. The first-order valence-electron chi connectivity index (χ1n) is 14.8. The average Bonchev–Trinajstić information content (AvgIpc) is 3.76. The number of anilines is 1. The van der Waals surface area contributed by atoms with Gasteiger partial charge in [0.25, 0.3) is 0 Å². The minimum atomic E-state index is -1.19. The van der Waals surface area contributed by atoms with Crippen molar-refractivity contribution in [3.05, 3.63) is 53.0 Å². The summed E-state index contributed by atoms with van der Waals surface area (Å²) in [5, 5.41) is 15.8. The maximum atomic E-state index is 13.9. The molecule has 1 aliphatic carbocycles. The minimum Gasteiger partial charge on any atom is -0.481 e. The van der Waals surface area contributed by atoms with Crippen LogP contribution in [0.5, 0.6) is 0 Å². The Kier molecular flexibility index (Phi) is 7.88. The molecule has 0 bridgehead atoms. The largest absolute Gasteiger partial charge is 0.481 e. The van der Waals surface area contributed by atoms with Crippen molar-refractivity contribution in [2.24, 2.45) is 11.8 Å². The first-order valence-corrected chi connectivity index (χ1v) is 15.7. The Morgan fingerprint density at radius 3 is 2.51 bits per heavy atom. The molecule has 2 N–H and O–H groups in total. The van der Waals surface area contributed by atoms with Crippen LogP contribution in [0.15, 0.2) is 48.0 Å². The normalized spacial score (nSPS) is 23.8. The molecule has 2 aromatic heterocycles. The number of benzene rings is 1. The summed E-state index contributed by atoms with van der Waals surface area (Å²) in [5.41, 5.74) is 2.28. The quantitative estimate of drug-likeness (QED) is 0.369. The standard InChI is InChI=1S/C32H36N4O4S/c37-28-13-7-17-36(28)27-15-14-22(19-34-27)23-10-3-4-11-24(23)26-20-41-31(35-26)32(18-29(38)39)25(21-8-1-2-9-21)12-5-6-16-33-30(32)40/h3-4,10-11,14-15,19-21,25H,1-2,5-9,12-13,16-18H2,(H,33,40)(H,38,39)/t25-,32+/m1/s1. The van der Waals surface area contributed by atoms with Crippen LogP contribution in [0.1, 0.15) is 69.2 Å². The van der Waals surface area contributed by atoms with Crippen LogP contribution in [-0.2, 0) is 19.8 Å². The fourth-order valence-electron chi connectivity index (χ4n) is 7.20. The highest BCUT2D eigenvalue weighted by Crippen LogP contribution is 2.50. The van der Waals surface area contributed by atoms with Crippen molar-refractivity contribution in [1.29, 1.82) is 0 Å². The average molecular weight is 573 g/mol. The second kappa shape index (κ2) is 11.7. The number of nitrogens with one attached hydrogen (secondary N) is 1. The first kappa shape index (κ1) is 27.6. The molecular formula is C32H36N4O4S. The second-order valence-electron chi connectivity index (χ2n) is 11.6. The number of thiazole rings is 1. The molecule has 41 heavy (non-hydrogen) atoms. The van der Waals surface area contributed by atoms with E-state index in [9.17, 15) is 19.5 Å². The minimum absolute atomic E-state index is 0.0549. The van der Waals surface area contributed by atoms with Crippen LogP contribution >= 0.6 is 11.3 Å². The highest BCUT2D eigenvalue weighted by molar-refractivity contribution is 7.10. The van der Waals surface area contributed by atoms with Crippen LogP contribution in [0, 0.1) is 11.8 Å². The van der Waals surface area contributed by atoms with E-state index in [2.05, 4.69) is 10.3 Å². The topological polar surface area (TPSA) is 112 Å². The van der Waals surface area contributed by atoms with Crippen molar-refractivity contribution in [3.63, 3.8) is 0 Å². The first-order chi connectivity index (χ1) is 20.0. The van der Waals surface area contributed by atoms with Crippen molar-refractivity contribution in [2.75, 3.05) is 18.0 Å². The van der Waals surface area contributed by atoms with Gasteiger partial charge in [0.05, 0.1) is 12.1 Å². The zero-order valence-electron chi connectivity index (χ0n) is 23.2. The second-order valence-corrected chi connectivity index (χ2v) is 12.4. The van der Waals surface area contributed by atoms with Gasteiger partial charge in [-0.25, -0.2) is 9.97 Å². The number of carboxylic acid groups (broad SMARTS) is 1. The lowest BCUT2D eigenvalue weighted by Gasteiger charge is -2.41. The fourth-order valence-corrected chi connectivity index (χ4v) is 8.28. The molecule has 3 aromatic rings. The van der Waals surface area contributed by atoms with Gasteiger partial charge in [-0.05, 0) is 48.8 Å². The van der Waals surface area contributed by atoms with E-state index in [1.807, 2.05) is 41.8 Å². The number of aromatic nitrogens is 2. The predicted molar refractivity (Wildman–Crippen MR) is 159 cm³/mol. The number of carbonyl (C=O) groups excluding carboxylic acids is 2. The van der Waals surface area contributed by atoms with Gasteiger partial charge in [0.1, 0.15) is 16.2 Å². The van der Waals surface area contributed by atoms with Gasteiger partial charge >= 0.3 is 5.97 Å². The molecule has 4 heterocycles. The van der Waals surface area contributed by atoms with Crippen molar-refractivity contribution >= 4 is 34.9 Å². The van der Waals surface area contributed by atoms with E-state index in [1.165, 1.54) is 11.3 Å². The van der Waals surface area contributed by atoms with Crippen LogP contribution in [0.25, 0.3) is 22.4 Å². The Morgan fingerprint density at radius 1 is 1.02 bits per heavy atom. The van der Waals surface area contributed by atoms with E-state index in [1.54, 1.807) is 11.1 Å². The lowest BCUT2D eigenvalue weighted by molar-refractivity contribution is -0.145. The molecule has 0 unspecified atom stereocenters. The molecule has 6 rings (SSSR count). The number of carboxylic acids is 1. The molecule has 2 saturated heterocycles. The lowest BCUT2D eigenvalue weighted by Crippen LogP contribution is -2.53. The van der Waals surface area contributed by atoms with E-state index < -0.39 is 11.4 Å². The molecule has 0 radical (unpaired) electrons. The van der Waals surface area contributed by atoms with E-state index in [0.717, 1.165) is 73.8 Å². The van der Waals surface area contributed by atoms with Gasteiger partial charge in [0.15, 0.2) is 0 Å². The Bertz CT molecular complexity index is 1430. The number of aliphatic carboxylic acids is 1. The molecule has 3 fully saturated rings. The third-order valence-electron chi connectivity index (χ3n) is 9.16. The summed E-state index contributed by atoms with van der Waals surface area (Å²) < 4.78 is 0.